The van der Waals surface area contributed by atoms with Crippen LogP contribution >= 0.6 is 21.6 Å². The molecule has 0 unspecified atom stereocenters. The average Bonchev–Trinajstić information content (AvgIpc) is 3.78. The van der Waals surface area contributed by atoms with Crippen molar-refractivity contribution in [3.05, 3.63) is 65.9 Å². The Morgan fingerprint density at radius 3 is 2.03 bits per heavy atom. The van der Waals surface area contributed by atoms with Gasteiger partial charge in [-0.3, -0.25) is 38.4 Å². The van der Waals surface area contributed by atoms with Crippen molar-refractivity contribution >= 4 is 85.8 Å². The number of amides is 7. The predicted octanol–water partition coefficient (Wildman–Crippen LogP) is 1.87. The lowest BCUT2D eigenvalue weighted by Crippen LogP contribution is -2.63. The van der Waals surface area contributed by atoms with Crippen molar-refractivity contribution in [1.82, 2.24) is 42.2 Å². The summed E-state index contributed by atoms with van der Waals surface area (Å²) < 4.78 is -1.38. The molecule has 1 aliphatic carbocycles. The molecule has 2 aliphatic rings. The zero-order valence-electron chi connectivity index (χ0n) is 43.4. The van der Waals surface area contributed by atoms with Crippen molar-refractivity contribution in [3.63, 3.8) is 0 Å². The van der Waals surface area contributed by atoms with Crippen molar-refractivity contribution in [1.29, 1.82) is 0 Å². The molecule has 416 valence electrons. The lowest BCUT2D eigenvalue weighted by atomic mass is 9.84. The molecule has 7 amide bonds. The summed E-state index contributed by atoms with van der Waals surface area (Å²) in [5.41, 5.74) is 13.7. The minimum absolute atomic E-state index is 0.0222. The van der Waals surface area contributed by atoms with Crippen LogP contribution in [0.4, 0.5) is 0 Å². The molecule has 1 aromatic heterocycles. The number of H-pyrrole nitrogens is 1. The number of carboxylic acids is 2. The Kier molecular flexibility index (Phi) is 22.8. The van der Waals surface area contributed by atoms with Gasteiger partial charge in [0.05, 0.1) is 12.5 Å². The third kappa shape index (κ3) is 17.9. The molecular weight excluding hydrogens is 1020 g/mol. The van der Waals surface area contributed by atoms with E-state index in [4.69, 9.17) is 11.5 Å². The number of phenolic OH excluding ortho intramolecular Hbond substituents is 1. The number of hydrogen-bond donors (Lipinski definition) is 13. The smallest absolute Gasteiger partial charge is 0.326 e. The standard InChI is InChI=1S/C52H74N10O12S2/c1-28(2)42(51(73)74)61-49(71)40-27-75-76-52(3,4)43(62-44(66)34(54)25-41(64)65)50(72)59-38(22-29-12-6-5-7-13-29)46(68)58-39(24-31-26-55-35-15-9-8-14-33(31)35)48(70)56-36(16-10-11-21-53)45(67)57-37(47(69)60-40)23-30-17-19-32(63)20-18-30/h8-9,14-15,17-20,26,28-29,34,36-40,42-43,55,63H,5-7,10-13,16,21-25,27,53-54H2,1-4H3,(H,56,70)(H,57,67)(H,58,68)(H,59,72)(H,60,69)(H,61,71)(H,62,66)(H,64,65)(H,73,74)/t34-,36-,37-,38-,39-,40-,42-,43+/m0/s1. The average molecular weight is 1100 g/mol. The molecule has 15 N–H and O–H groups in total. The van der Waals surface area contributed by atoms with Crippen LogP contribution in [-0.4, -0.2) is 139 Å². The summed E-state index contributed by atoms with van der Waals surface area (Å²) in [6, 6.07) is 1.78. The molecule has 24 heteroatoms. The van der Waals surface area contributed by atoms with E-state index in [9.17, 15) is 58.5 Å². The van der Waals surface area contributed by atoms with E-state index in [1.807, 2.05) is 24.3 Å². The minimum atomic E-state index is -1.59. The lowest BCUT2D eigenvalue weighted by molar-refractivity contribution is -0.143. The Morgan fingerprint density at radius 1 is 0.776 bits per heavy atom. The summed E-state index contributed by atoms with van der Waals surface area (Å²) in [5.74, 6) is -9.58. The molecule has 5 rings (SSSR count). The minimum Gasteiger partial charge on any atom is -0.508 e. The van der Waals surface area contributed by atoms with E-state index in [2.05, 4.69) is 42.2 Å². The molecule has 8 atom stereocenters. The first-order valence-electron chi connectivity index (χ1n) is 25.7. The molecule has 22 nitrogen and oxygen atoms in total. The Hall–Kier alpha value is -6.37. The van der Waals surface area contributed by atoms with Crippen molar-refractivity contribution in [2.45, 2.75) is 158 Å². The predicted molar refractivity (Wildman–Crippen MR) is 288 cm³/mol. The number of aromatic amines is 1. The monoisotopic (exact) mass is 1090 g/mol. The number of hydrogen-bond acceptors (Lipinski definition) is 14. The maximum Gasteiger partial charge on any atom is 0.326 e. The number of aliphatic carboxylic acids is 2. The SMILES string of the molecule is CC(C)[C@H](NC(=O)[C@@H]1CSSC(C)(C)[C@H](NC(=O)[C@@H](N)CC(=O)O)C(=O)N[C@@H](CC2CCCCC2)C(=O)N[C@@H](Cc2c[nH]c3ccccc23)C(=O)N[C@@H](CCCCN)C(=O)N[C@@H](Cc2ccc(O)cc2)C(=O)N1)C(=O)O. The Labute approximate surface area is 449 Å². The third-order valence-corrected chi connectivity index (χ3v) is 16.9. The number of fused-ring (bicyclic) bond motifs is 1. The van der Waals surface area contributed by atoms with Crippen molar-refractivity contribution in [2.75, 3.05) is 12.3 Å². The van der Waals surface area contributed by atoms with Crippen LogP contribution in [0.1, 0.15) is 103 Å². The van der Waals surface area contributed by atoms with E-state index in [0.29, 0.717) is 24.0 Å². The zero-order chi connectivity index (χ0) is 55.7. The third-order valence-electron chi connectivity index (χ3n) is 13.6. The second-order valence-corrected chi connectivity index (χ2v) is 23.4. The number of rotatable bonds is 18. The van der Waals surface area contributed by atoms with Crippen LogP contribution in [0.15, 0.2) is 54.7 Å². The number of carbonyl (C=O) groups excluding carboxylic acids is 7. The first-order chi connectivity index (χ1) is 36.1. The van der Waals surface area contributed by atoms with Gasteiger partial charge in [-0.05, 0) is 87.2 Å². The lowest BCUT2D eigenvalue weighted by Gasteiger charge is -2.35. The molecule has 0 spiro atoms. The fourth-order valence-corrected chi connectivity index (χ4v) is 12.1. The highest BCUT2D eigenvalue weighted by Crippen LogP contribution is 2.39. The van der Waals surface area contributed by atoms with E-state index in [0.717, 1.165) is 64.6 Å². The highest BCUT2D eigenvalue weighted by Gasteiger charge is 2.42. The fourth-order valence-electron chi connectivity index (χ4n) is 9.24. The van der Waals surface area contributed by atoms with Crippen LogP contribution in [-0.2, 0) is 56.0 Å². The molecule has 1 saturated heterocycles. The van der Waals surface area contributed by atoms with Gasteiger partial charge in [-0.15, -0.1) is 0 Å². The first-order valence-corrected chi connectivity index (χ1v) is 28.0. The Bertz CT molecular complexity index is 2520. The van der Waals surface area contributed by atoms with E-state index < -0.39 is 119 Å². The summed E-state index contributed by atoms with van der Waals surface area (Å²) >= 11 is 0. The van der Waals surface area contributed by atoms with Gasteiger partial charge in [0.2, 0.25) is 41.4 Å². The van der Waals surface area contributed by atoms with Gasteiger partial charge in [0, 0.05) is 40.4 Å². The van der Waals surface area contributed by atoms with Gasteiger partial charge in [0.15, 0.2) is 0 Å². The molecule has 0 radical (unpaired) electrons. The summed E-state index contributed by atoms with van der Waals surface area (Å²) in [4.78, 5) is 129. The molecule has 2 heterocycles. The van der Waals surface area contributed by atoms with Crippen molar-refractivity contribution in [2.24, 2.45) is 23.3 Å². The van der Waals surface area contributed by atoms with Gasteiger partial charge in [-0.2, -0.15) is 0 Å². The van der Waals surface area contributed by atoms with Gasteiger partial charge in [0.1, 0.15) is 48.0 Å². The topological polar surface area (TPSA) is 366 Å². The molecule has 1 aliphatic heterocycles. The van der Waals surface area contributed by atoms with E-state index in [-0.39, 0.29) is 49.6 Å². The number of phenols is 1. The highest BCUT2D eigenvalue weighted by atomic mass is 33.1. The normalized spacial score (nSPS) is 23.4. The van der Waals surface area contributed by atoms with Gasteiger partial charge < -0.3 is 69.0 Å². The zero-order valence-corrected chi connectivity index (χ0v) is 45.0. The maximum absolute atomic E-state index is 14.9. The van der Waals surface area contributed by atoms with E-state index in [1.165, 1.54) is 24.3 Å². The van der Waals surface area contributed by atoms with E-state index >= 15 is 0 Å². The summed E-state index contributed by atoms with van der Waals surface area (Å²) in [5, 5.41) is 49.5. The van der Waals surface area contributed by atoms with Gasteiger partial charge in [-0.25, -0.2) is 4.79 Å². The molecule has 2 fully saturated rings. The van der Waals surface area contributed by atoms with Gasteiger partial charge in [-0.1, -0.05) is 97.9 Å². The number of aromatic nitrogens is 1. The summed E-state index contributed by atoms with van der Waals surface area (Å²) in [6.45, 7) is 6.60. The first kappa shape index (κ1) is 60.5. The highest BCUT2D eigenvalue weighted by molar-refractivity contribution is 8.77. The number of nitrogens with one attached hydrogen (secondary N) is 8. The molecule has 0 bridgehead atoms. The van der Waals surface area contributed by atoms with Crippen LogP contribution in [0.25, 0.3) is 10.9 Å². The van der Waals surface area contributed by atoms with Crippen LogP contribution in [0.2, 0.25) is 0 Å². The molecular formula is C52H74N10O12S2. The van der Waals surface area contributed by atoms with E-state index in [1.54, 1.807) is 33.9 Å². The molecule has 3 aromatic rings. The second-order valence-electron chi connectivity index (χ2n) is 20.5. The molecule has 2 aromatic carbocycles. The van der Waals surface area contributed by atoms with Crippen molar-refractivity contribution in [3.8, 4) is 5.75 Å². The quantitative estimate of drug-likeness (QED) is 0.0639. The largest absolute Gasteiger partial charge is 0.508 e. The maximum atomic E-state index is 14.9. The molecule has 76 heavy (non-hydrogen) atoms. The number of carboxylic acid groups (broad SMARTS) is 2. The van der Waals surface area contributed by atoms with Crippen LogP contribution in [0.5, 0.6) is 5.75 Å². The fraction of sp³-hybridized carbons (Fsp3) is 0.558. The number of aromatic hydroxyl groups is 1. The Morgan fingerprint density at radius 2 is 1.38 bits per heavy atom. The number of unbranched alkanes of at least 4 members (excludes halogenated alkanes) is 1. The van der Waals surface area contributed by atoms with Crippen LogP contribution in [0.3, 0.4) is 0 Å². The van der Waals surface area contributed by atoms with Crippen LogP contribution < -0.4 is 48.7 Å². The molecule has 1 saturated carbocycles. The number of benzene rings is 2. The number of carbonyl (C=O) groups is 9. The number of para-hydroxylation sites is 1. The van der Waals surface area contributed by atoms with Crippen LogP contribution in [0, 0.1) is 11.8 Å². The van der Waals surface area contributed by atoms with Gasteiger partial charge >= 0.3 is 11.9 Å². The summed E-state index contributed by atoms with van der Waals surface area (Å²) in [6.07, 6.45) is 5.93. The van der Waals surface area contributed by atoms with Crippen molar-refractivity contribution < 1.29 is 58.5 Å². The number of nitrogens with two attached hydrogens (primary N) is 2. The van der Waals surface area contributed by atoms with Gasteiger partial charge in [0.25, 0.3) is 0 Å². The Balaban J connectivity index is 1.65. The second kappa shape index (κ2) is 28.7. The summed E-state index contributed by atoms with van der Waals surface area (Å²) in [7, 11) is 1.97.